The first-order chi connectivity index (χ1) is 7.36. The summed E-state index contributed by atoms with van der Waals surface area (Å²) in [5.41, 5.74) is 0. The fourth-order valence-corrected chi connectivity index (χ4v) is 0.417. The van der Waals surface area contributed by atoms with E-state index < -0.39 is 36.7 Å². The summed E-state index contributed by atoms with van der Waals surface area (Å²) in [7, 11) is 0. The Labute approximate surface area is 90.1 Å². The summed E-state index contributed by atoms with van der Waals surface area (Å²) in [4.78, 5) is 39.2. The van der Waals surface area contributed by atoms with E-state index in [1.54, 1.807) is 0 Å². The molecule has 4 N–H and O–H groups in total. The van der Waals surface area contributed by atoms with Crippen LogP contribution in [0.2, 0.25) is 0 Å². The Kier molecular flexibility index (Phi) is 10.1. The average Bonchev–Trinajstić information content (AvgIpc) is 2.19. The molecule has 0 radical (unpaired) electrons. The molecule has 0 saturated carbocycles. The van der Waals surface area contributed by atoms with Crippen LogP contribution in [0.1, 0.15) is 12.8 Å². The zero-order valence-corrected chi connectivity index (χ0v) is 8.25. The molecule has 0 aromatic carbocycles. The number of carbonyl (C=O) groups excluding carboxylic acids is 2. The highest BCUT2D eigenvalue weighted by molar-refractivity contribution is 6.33. The quantitative estimate of drug-likeness (QED) is 0.388. The minimum atomic E-state index is -1.49. The molecule has 92 valence electrons. The van der Waals surface area contributed by atoms with E-state index >= 15 is 0 Å². The van der Waals surface area contributed by atoms with Gasteiger partial charge in [-0.1, -0.05) is 0 Å². The van der Waals surface area contributed by atoms with Gasteiger partial charge < -0.3 is 20.4 Å². The van der Waals surface area contributed by atoms with Crippen molar-refractivity contribution in [2.24, 2.45) is 0 Å². The predicted octanol–water partition coefficient (Wildman–Crippen LogP) is -1.96. The maximum absolute atomic E-state index is 9.98. The van der Waals surface area contributed by atoms with Gasteiger partial charge in [0.05, 0.1) is 13.2 Å². The lowest BCUT2D eigenvalue weighted by molar-refractivity contribution is -0.149. The molecule has 16 heavy (non-hydrogen) atoms. The third kappa shape index (κ3) is 10.3. The third-order valence-electron chi connectivity index (χ3n) is 1.15. The van der Waals surface area contributed by atoms with Crippen LogP contribution in [0.15, 0.2) is 0 Å². The molecule has 0 aliphatic carbocycles. The Morgan fingerprint density at radius 2 is 0.938 bits per heavy atom. The number of hydrogen-bond donors (Lipinski definition) is 4. The summed E-state index contributed by atoms with van der Waals surface area (Å²) < 4.78 is 0. The first-order valence-electron chi connectivity index (χ1n) is 4.10. The number of carboxylic acids is 2. The molecule has 0 bridgehead atoms. The lowest BCUT2D eigenvalue weighted by atomic mass is 10.3. The fourth-order valence-electron chi connectivity index (χ4n) is 0.417. The second-order valence-electron chi connectivity index (χ2n) is 2.40. The van der Waals surface area contributed by atoms with E-state index in [1.165, 1.54) is 0 Å². The van der Waals surface area contributed by atoms with Crippen LogP contribution in [-0.4, -0.2) is 57.1 Å². The van der Waals surface area contributed by atoms with Crippen molar-refractivity contribution < 1.29 is 39.6 Å². The first-order valence-corrected chi connectivity index (χ1v) is 4.10. The van der Waals surface area contributed by atoms with Gasteiger partial charge in [0.2, 0.25) is 11.6 Å². The van der Waals surface area contributed by atoms with Crippen LogP contribution in [-0.2, 0) is 19.2 Å². The molecule has 0 aliphatic rings. The monoisotopic (exact) mass is 236 g/mol. The molecule has 0 heterocycles. The largest absolute Gasteiger partial charge is 0.475 e. The summed E-state index contributed by atoms with van der Waals surface area (Å²) in [6.45, 7) is -0.795. The van der Waals surface area contributed by atoms with Crippen molar-refractivity contribution in [3.8, 4) is 0 Å². The Balaban J connectivity index is 0. The molecule has 0 unspecified atom stereocenters. The van der Waals surface area contributed by atoms with Gasteiger partial charge in [-0.25, -0.2) is 9.59 Å². The molecule has 0 atom stereocenters. The lowest BCUT2D eigenvalue weighted by Gasteiger charge is -1.85. The summed E-state index contributed by atoms with van der Waals surface area (Å²) in [6.07, 6.45) is -0.593. The van der Waals surface area contributed by atoms with Gasteiger partial charge in [0.1, 0.15) is 0 Å². The van der Waals surface area contributed by atoms with Crippen LogP contribution in [0.4, 0.5) is 0 Å². The van der Waals surface area contributed by atoms with E-state index in [2.05, 4.69) is 0 Å². The number of carboxylic acid groups (broad SMARTS) is 2. The van der Waals surface area contributed by atoms with E-state index in [-0.39, 0.29) is 12.8 Å². The summed E-state index contributed by atoms with van der Waals surface area (Å²) in [6, 6.07) is 0. The summed E-state index contributed by atoms with van der Waals surface area (Å²) in [5, 5.41) is 31.7. The van der Waals surface area contributed by atoms with E-state index in [0.717, 1.165) is 0 Å². The normalized spacial score (nSPS) is 8.62. The fraction of sp³-hybridized carbons (Fsp3) is 0.500. The third-order valence-corrected chi connectivity index (χ3v) is 1.15. The highest BCUT2D eigenvalue weighted by Crippen LogP contribution is 1.79. The Morgan fingerprint density at radius 3 is 1.00 bits per heavy atom. The number of hydrogen-bond acceptors (Lipinski definition) is 6. The maximum Gasteiger partial charge on any atom is 0.372 e. The van der Waals surface area contributed by atoms with Gasteiger partial charge in [-0.05, 0) is 0 Å². The van der Waals surface area contributed by atoms with Crippen LogP contribution in [0.5, 0.6) is 0 Å². The van der Waals surface area contributed by atoms with Gasteiger partial charge in [-0.15, -0.1) is 0 Å². The number of rotatable bonds is 6. The standard InChI is InChI=1S/2C4H6O4/c2*5-2-1-3(6)4(7)8/h2*5H,1-2H2,(H,7,8). The van der Waals surface area contributed by atoms with Crippen LogP contribution in [0.3, 0.4) is 0 Å². The second-order valence-corrected chi connectivity index (χ2v) is 2.40. The topological polar surface area (TPSA) is 149 Å². The Morgan fingerprint density at radius 1 is 0.688 bits per heavy atom. The van der Waals surface area contributed by atoms with Crippen molar-refractivity contribution >= 4 is 23.5 Å². The SMILES string of the molecule is O=C(O)C(=O)CCO.O=C(O)C(=O)CCO. The smallest absolute Gasteiger partial charge is 0.372 e. The molecule has 0 aliphatic heterocycles. The molecule has 0 rings (SSSR count). The van der Waals surface area contributed by atoms with Crippen LogP contribution < -0.4 is 0 Å². The molecule has 0 aromatic rings. The Bertz CT molecular complexity index is 241. The molecule has 0 aromatic heterocycles. The van der Waals surface area contributed by atoms with E-state index in [4.69, 9.17) is 20.4 Å². The van der Waals surface area contributed by atoms with E-state index in [9.17, 15) is 19.2 Å². The van der Waals surface area contributed by atoms with Crippen LogP contribution in [0.25, 0.3) is 0 Å². The van der Waals surface area contributed by atoms with E-state index in [1.807, 2.05) is 0 Å². The van der Waals surface area contributed by atoms with Crippen molar-refractivity contribution in [2.75, 3.05) is 13.2 Å². The second kappa shape index (κ2) is 9.74. The first kappa shape index (κ1) is 16.6. The van der Waals surface area contributed by atoms with Crippen molar-refractivity contribution in [2.45, 2.75) is 12.8 Å². The van der Waals surface area contributed by atoms with Crippen molar-refractivity contribution in [1.82, 2.24) is 0 Å². The minimum Gasteiger partial charge on any atom is -0.475 e. The number of aliphatic hydroxyl groups excluding tert-OH is 2. The number of aliphatic carboxylic acids is 2. The lowest BCUT2D eigenvalue weighted by Crippen LogP contribution is -2.13. The predicted molar refractivity (Wildman–Crippen MR) is 48.7 cm³/mol. The molecule has 0 spiro atoms. The van der Waals surface area contributed by atoms with Crippen molar-refractivity contribution in [1.29, 1.82) is 0 Å². The number of carbonyl (C=O) groups is 4. The number of aliphatic hydroxyl groups is 2. The molecule has 0 amide bonds. The van der Waals surface area contributed by atoms with Gasteiger partial charge in [-0.2, -0.15) is 0 Å². The molecular formula is C8H12O8. The van der Waals surface area contributed by atoms with Gasteiger partial charge >= 0.3 is 11.9 Å². The number of ketones is 2. The molecule has 8 nitrogen and oxygen atoms in total. The molecule has 0 fully saturated rings. The zero-order valence-electron chi connectivity index (χ0n) is 8.25. The van der Waals surface area contributed by atoms with Crippen molar-refractivity contribution in [3.05, 3.63) is 0 Å². The van der Waals surface area contributed by atoms with Crippen LogP contribution >= 0.6 is 0 Å². The molecule has 0 saturated heterocycles. The maximum atomic E-state index is 9.98. The van der Waals surface area contributed by atoms with Gasteiger partial charge in [0, 0.05) is 12.8 Å². The molecule has 8 heteroatoms. The highest BCUT2D eigenvalue weighted by Gasteiger charge is 2.08. The number of Topliss-reactive ketones (excluding diaryl/α,β-unsaturated/α-hetero) is 2. The summed E-state index contributed by atoms with van der Waals surface area (Å²) >= 11 is 0. The van der Waals surface area contributed by atoms with E-state index in [0.29, 0.717) is 0 Å². The summed E-state index contributed by atoms with van der Waals surface area (Å²) in [5.74, 6) is -4.88. The van der Waals surface area contributed by atoms with Crippen LogP contribution in [0, 0.1) is 0 Å². The van der Waals surface area contributed by atoms with Gasteiger partial charge in [-0.3, -0.25) is 9.59 Å². The van der Waals surface area contributed by atoms with Gasteiger partial charge in [0.25, 0.3) is 0 Å². The zero-order chi connectivity index (χ0) is 13.1. The minimum absolute atomic E-state index is 0.296. The average molecular weight is 236 g/mol. The molecular weight excluding hydrogens is 224 g/mol. The van der Waals surface area contributed by atoms with Gasteiger partial charge in [0.15, 0.2) is 0 Å². The Hall–Kier alpha value is -1.80. The van der Waals surface area contributed by atoms with Crippen molar-refractivity contribution in [3.63, 3.8) is 0 Å². The highest BCUT2D eigenvalue weighted by atomic mass is 16.4.